The largest absolute Gasteiger partial charge is 0.493 e. The Kier molecular flexibility index (Phi) is 3.49. The van der Waals surface area contributed by atoms with Crippen LogP contribution in [0.4, 0.5) is 5.69 Å². The van der Waals surface area contributed by atoms with E-state index in [4.69, 9.17) is 9.47 Å². The molecule has 1 aromatic rings. The number of hydrogen-bond donors (Lipinski definition) is 0. The van der Waals surface area contributed by atoms with Crippen LogP contribution in [-0.2, 0) is 4.79 Å². The highest BCUT2D eigenvalue weighted by atomic mass is 16.5. The van der Waals surface area contributed by atoms with E-state index in [2.05, 4.69) is 42.0 Å². The molecule has 1 saturated carbocycles. The van der Waals surface area contributed by atoms with Crippen LogP contribution in [0.25, 0.3) is 0 Å². The summed E-state index contributed by atoms with van der Waals surface area (Å²) >= 11 is 0. The number of fused-ring (bicyclic) bond motifs is 2. The second kappa shape index (κ2) is 5.51. The lowest BCUT2D eigenvalue weighted by molar-refractivity contribution is -0.118. The Morgan fingerprint density at radius 1 is 1.22 bits per heavy atom. The predicted molar refractivity (Wildman–Crippen MR) is 104 cm³/mol. The average molecular weight is 368 g/mol. The maximum absolute atomic E-state index is 13.4. The van der Waals surface area contributed by atoms with Crippen LogP contribution in [-0.4, -0.2) is 44.3 Å². The number of amides is 1. The number of carbonyl (C=O) groups excluding carboxylic acids is 1. The summed E-state index contributed by atoms with van der Waals surface area (Å²) in [6, 6.07) is 4.14. The molecular formula is C22H28N2O3. The Labute approximate surface area is 160 Å². The van der Waals surface area contributed by atoms with Gasteiger partial charge in [-0.3, -0.25) is 14.6 Å². The van der Waals surface area contributed by atoms with Crippen molar-refractivity contribution in [3.63, 3.8) is 0 Å². The molecule has 1 unspecified atom stereocenters. The Balaban J connectivity index is 1.82. The zero-order valence-electron chi connectivity index (χ0n) is 16.6. The molecule has 1 amide bonds. The van der Waals surface area contributed by atoms with Gasteiger partial charge in [0.1, 0.15) is 5.66 Å². The van der Waals surface area contributed by atoms with Gasteiger partial charge in [-0.2, -0.15) is 0 Å². The van der Waals surface area contributed by atoms with Gasteiger partial charge in [0, 0.05) is 30.4 Å². The van der Waals surface area contributed by atoms with E-state index in [1.807, 2.05) is 6.07 Å². The molecule has 27 heavy (non-hydrogen) atoms. The minimum atomic E-state index is -0.244. The molecule has 5 heteroatoms. The van der Waals surface area contributed by atoms with Crippen molar-refractivity contribution < 1.29 is 14.3 Å². The summed E-state index contributed by atoms with van der Waals surface area (Å²) < 4.78 is 11.2. The standard InChI is InChI=1S/C22H28N2O3/c1-5-14-15-11-18(26-3)19(27-4)12-17(15)24-20(25)13-21-8-6-10-23(2)22(21,24)16(14)7-9-21/h6,8,11-12,14,16H,5,7,9-10,13H2,1-4H3/t14-,16+,21-,22?/m0/s1. The third kappa shape index (κ3) is 1.77. The minimum absolute atomic E-state index is 0.0694. The highest BCUT2D eigenvalue weighted by Crippen LogP contribution is 2.70. The normalized spacial score (nSPS) is 36.4. The van der Waals surface area contributed by atoms with Gasteiger partial charge in [0.15, 0.2) is 11.5 Å². The number of likely N-dealkylation sites (N-methyl/N-ethyl adjacent to an activating group) is 1. The Hall–Kier alpha value is -2.01. The molecule has 0 aromatic heterocycles. The molecule has 0 bridgehead atoms. The molecule has 144 valence electrons. The van der Waals surface area contributed by atoms with Crippen molar-refractivity contribution in [2.75, 3.05) is 32.7 Å². The number of rotatable bonds is 3. The van der Waals surface area contributed by atoms with Crippen LogP contribution in [0.5, 0.6) is 11.5 Å². The van der Waals surface area contributed by atoms with Gasteiger partial charge >= 0.3 is 0 Å². The lowest BCUT2D eigenvalue weighted by atomic mass is 9.65. The fraction of sp³-hybridized carbons (Fsp3) is 0.591. The number of hydrogen-bond acceptors (Lipinski definition) is 4. The van der Waals surface area contributed by atoms with E-state index in [-0.39, 0.29) is 17.0 Å². The molecule has 4 atom stereocenters. The van der Waals surface area contributed by atoms with Crippen LogP contribution in [0.3, 0.4) is 0 Å². The molecule has 1 aromatic carbocycles. The summed E-state index contributed by atoms with van der Waals surface area (Å²) in [7, 11) is 5.53. The van der Waals surface area contributed by atoms with Crippen LogP contribution < -0.4 is 14.4 Å². The highest BCUT2D eigenvalue weighted by molar-refractivity contribution is 6.01. The topological polar surface area (TPSA) is 42.0 Å². The molecule has 1 spiro atoms. The first-order chi connectivity index (χ1) is 13.0. The third-order valence-electron chi connectivity index (χ3n) is 7.71. The minimum Gasteiger partial charge on any atom is -0.493 e. The summed E-state index contributed by atoms with van der Waals surface area (Å²) in [5.74, 6) is 2.53. The van der Waals surface area contributed by atoms with Crippen molar-refractivity contribution in [1.29, 1.82) is 0 Å². The predicted octanol–water partition coefficient (Wildman–Crippen LogP) is 3.54. The van der Waals surface area contributed by atoms with E-state index in [1.54, 1.807) is 14.2 Å². The summed E-state index contributed by atoms with van der Waals surface area (Å²) in [6.45, 7) is 3.16. The van der Waals surface area contributed by atoms with Crippen LogP contribution in [0.15, 0.2) is 24.3 Å². The van der Waals surface area contributed by atoms with Crippen molar-refractivity contribution in [2.45, 2.75) is 44.2 Å². The molecular weight excluding hydrogens is 340 g/mol. The van der Waals surface area contributed by atoms with Crippen molar-refractivity contribution in [3.05, 3.63) is 29.8 Å². The Morgan fingerprint density at radius 3 is 2.67 bits per heavy atom. The third-order valence-corrected chi connectivity index (χ3v) is 7.71. The second-order valence-electron chi connectivity index (χ2n) is 8.50. The maximum Gasteiger partial charge on any atom is 0.229 e. The van der Waals surface area contributed by atoms with Gasteiger partial charge in [0.2, 0.25) is 5.91 Å². The first-order valence-corrected chi connectivity index (χ1v) is 10.0. The summed E-state index contributed by atoms with van der Waals surface area (Å²) in [4.78, 5) is 18.0. The fourth-order valence-electron chi connectivity index (χ4n) is 6.88. The fourth-order valence-corrected chi connectivity index (χ4v) is 6.88. The quantitative estimate of drug-likeness (QED) is 0.766. The summed E-state index contributed by atoms with van der Waals surface area (Å²) in [6.07, 6.45) is 8.53. The zero-order chi connectivity index (χ0) is 19.0. The molecule has 4 aliphatic rings. The van der Waals surface area contributed by atoms with Gasteiger partial charge in [-0.25, -0.2) is 0 Å². The molecule has 5 rings (SSSR count). The number of ether oxygens (including phenoxy) is 2. The maximum atomic E-state index is 13.4. The van der Waals surface area contributed by atoms with Gasteiger partial charge in [0.25, 0.3) is 0 Å². The van der Waals surface area contributed by atoms with Gasteiger partial charge in [-0.15, -0.1) is 0 Å². The smallest absolute Gasteiger partial charge is 0.229 e. The monoisotopic (exact) mass is 368 g/mol. The van der Waals surface area contributed by atoms with Gasteiger partial charge in [-0.05, 0) is 43.9 Å². The lowest BCUT2D eigenvalue weighted by Crippen LogP contribution is -2.69. The number of benzene rings is 1. The van der Waals surface area contributed by atoms with Crippen molar-refractivity contribution >= 4 is 11.6 Å². The Morgan fingerprint density at radius 2 is 1.96 bits per heavy atom. The summed E-state index contributed by atoms with van der Waals surface area (Å²) in [5, 5.41) is 0. The zero-order valence-corrected chi connectivity index (χ0v) is 16.6. The molecule has 1 aliphatic carbocycles. The van der Waals surface area contributed by atoms with Crippen LogP contribution in [0, 0.1) is 11.3 Å². The first-order valence-electron chi connectivity index (χ1n) is 10.0. The van der Waals surface area contributed by atoms with Crippen molar-refractivity contribution in [3.8, 4) is 11.5 Å². The van der Waals surface area contributed by atoms with E-state index >= 15 is 0 Å². The van der Waals surface area contributed by atoms with E-state index < -0.39 is 0 Å². The molecule has 2 fully saturated rings. The number of carbonyl (C=O) groups is 1. The van der Waals surface area contributed by atoms with Gasteiger partial charge in [-0.1, -0.05) is 19.1 Å². The van der Waals surface area contributed by atoms with Crippen LogP contribution >= 0.6 is 0 Å². The van der Waals surface area contributed by atoms with E-state index in [1.165, 1.54) is 5.56 Å². The molecule has 0 N–H and O–H groups in total. The van der Waals surface area contributed by atoms with Crippen molar-refractivity contribution in [1.82, 2.24) is 4.90 Å². The van der Waals surface area contributed by atoms with Gasteiger partial charge < -0.3 is 9.47 Å². The summed E-state index contributed by atoms with van der Waals surface area (Å²) in [5.41, 5.74) is 1.94. The van der Waals surface area contributed by atoms with Gasteiger partial charge in [0.05, 0.1) is 19.9 Å². The average Bonchev–Trinajstić information content (AvgIpc) is 3.14. The van der Waals surface area contributed by atoms with Crippen LogP contribution in [0.2, 0.25) is 0 Å². The molecule has 3 aliphatic heterocycles. The second-order valence-corrected chi connectivity index (χ2v) is 8.50. The number of anilines is 1. The van der Waals surface area contributed by atoms with E-state index in [9.17, 15) is 4.79 Å². The van der Waals surface area contributed by atoms with Crippen molar-refractivity contribution in [2.24, 2.45) is 11.3 Å². The number of nitrogens with zero attached hydrogens (tertiary/aromatic N) is 2. The molecule has 3 heterocycles. The van der Waals surface area contributed by atoms with Crippen LogP contribution in [0.1, 0.15) is 44.1 Å². The first kappa shape index (κ1) is 17.1. The number of methoxy groups -OCH3 is 2. The van der Waals surface area contributed by atoms with E-state index in [0.29, 0.717) is 24.0 Å². The highest BCUT2D eigenvalue weighted by Gasteiger charge is 2.73. The van der Waals surface area contributed by atoms with E-state index in [0.717, 1.165) is 37.2 Å². The molecule has 1 saturated heterocycles. The lowest BCUT2D eigenvalue weighted by Gasteiger charge is -2.59. The molecule has 5 nitrogen and oxygen atoms in total. The Bertz CT molecular complexity index is 850. The SMILES string of the molecule is CC[C@H]1c2cc(OC)c(OC)cc2N2C(=O)C[C@@]34C=CCN(C)C23[C@@H]1CC4. The molecule has 0 radical (unpaired) electrons.